The molecule has 2 heterocycles. The number of hydrogen-bond acceptors (Lipinski definition) is 5. The van der Waals surface area contributed by atoms with Crippen molar-refractivity contribution in [2.24, 2.45) is 0 Å². The Kier molecular flexibility index (Phi) is 4.86. The number of hydrogen-bond donors (Lipinski definition) is 2. The van der Waals surface area contributed by atoms with Crippen LogP contribution in [0.1, 0.15) is 47.5 Å². The maximum atomic E-state index is 14.0. The number of nitrogens with one attached hydrogen (secondary N) is 1. The molecule has 1 aromatic carbocycles. The molecule has 160 valence electrons. The molecule has 0 radical (unpaired) electrons. The van der Waals surface area contributed by atoms with Crippen LogP contribution in [0.2, 0.25) is 0 Å². The molecule has 1 aliphatic carbocycles. The third-order valence-electron chi connectivity index (χ3n) is 5.32. The summed E-state index contributed by atoms with van der Waals surface area (Å²) < 4.78 is 58.3. The van der Waals surface area contributed by atoms with Gasteiger partial charge in [0, 0.05) is 30.5 Å². The number of halogens is 4. The molecule has 30 heavy (non-hydrogen) atoms. The van der Waals surface area contributed by atoms with Crippen molar-refractivity contribution < 1.29 is 36.7 Å². The van der Waals surface area contributed by atoms with E-state index in [1.807, 2.05) is 0 Å². The van der Waals surface area contributed by atoms with Crippen LogP contribution in [0.4, 0.5) is 22.4 Å². The predicted molar refractivity (Wildman–Crippen MR) is 92.1 cm³/mol. The number of aromatic nitrogens is 2. The Morgan fingerprint density at radius 3 is 2.77 bits per heavy atom. The van der Waals surface area contributed by atoms with E-state index in [4.69, 9.17) is 9.52 Å². The number of nitrogens with zero attached hydrogens (tertiary/aromatic N) is 3. The zero-order chi connectivity index (χ0) is 21.6. The van der Waals surface area contributed by atoms with Gasteiger partial charge in [0.25, 0.3) is 11.8 Å². The van der Waals surface area contributed by atoms with Gasteiger partial charge in [0.2, 0.25) is 11.8 Å². The highest BCUT2D eigenvalue weighted by Crippen LogP contribution is 2.39. The minimum absolute atomic E-state index is 0.0269. The van der Waals surface area contributed by atoms with E-state index in [9.17, 15) is 27.2 Å². The second-order valence-electron chi connectivity index (χ2n) is 7.27. The van der Waals surface area contributed by atoms with Crippen molar-refractivity contribution in [3.63, 3.8) is 0 Å². The summed E-state index contributed by atoms with van der Waals surface area (Å²) in [5.41, 5.74) is 0.963. The Morgan fingerprint density at radius 1 is 1.33 bits per heavy atom. The largest absolute Gasteiger partial charge is 0.465 e. The molecule has 0 unspecified atom stereocenters. The van der Waals surface area contributed by atoms with Crippen LogP contribution in [0.15, 0.2) is 22.6 Å². The van der Waals surface area contributed by atoms with Gasteiger partial charge in [0.05, 0.1) is 12.1 Å². The topological polar surface area (TPSA) is 109 Å². The van der Waals surface area contributed by atoms with Crippen molar-refractivity contribution in [3.05, 3.63) is 35.2 Å². The van der Waals surface area contributed by atoms with E-state index in [0.717, 1.165) is 0 Å². The molecule has 8 nitrogen and oxygen atoms in total. The molecule has 0 spiro atoms. The first kappa shape index (κ1) is 20.1. The molecule has 2 amide bonds. The molecule has 12 heteroatoms. The lowest BCUT2D eigenvalue weighted by molar-refractivity contribution is -0.0679. The highest BCUT2D eigenvalue weighted by Gasteiger charge is 2.47. The van der Waals surface area contributed by atoms with Gasteiger partial charge in [-0.3, -0.25) is 4.79 Å². The predicted octanol–water partition coefficient (Wildman–Crippen LogP) is 3.45. The second kappa shape index (κ2) is 7.26. The van der Waals surface area contributed by atoms with E-state index < -0.39 is 55.2 Å². The molecular formula is C18H16F4N4O4. The van der Waals surface area contributed by atoms with E-state index in [-0.39, 0.29) is 30.0 Å². The van der Waals surface area contributed by atoms with E-state index >= 15 is 0 Å². The molecule has 0 bridgehead atoms. The number of amides is 2. The van der Waals surface area contributed by atoms with Gasteiger partial charge in [0.15, 0.2) is 0 Å². The first-order valence-electron chi connectivity index (χ1n) is 9.08. The number of alkyl halides is 4. The molecule has 1 saturated carbocycles. The van der Waals surface area contributed by atoms with E-state index in [1.54, 1.807) is 6.07 Å². The number of benzene rings is 1. The number of fused-ring (bicyclic) bond motifs is 1. The van der Waals surface area contributed by atoms with E-state index in [0.29, 0.717) is 5.56 Å². The van der Waals surface area contributed by atoms with Crippen LogP contribution >= 0.6 is 0 Å². The molecule has 1 aliphatic heterocycles. The second-order valence-corrected chi connectivity index (χ2v) is 7.27. The van der Waals surface area contributed by atoms with Gasteiger partial charge >= 0.3 is 12.5 Å². The van der Waals surface area contributed by atoms with Crippen LogP contribution in [0, 0.1) is 0 Å². The molecule has 1 aromatic heterocycles. The molecule has 0 saturated heterocycles. The summed E-state index contributed by atoms with van der Waals surface area (Å²) in [5.74, 6) is -4.63. The fourth-order valence-corrected chi connectivity index (χ4v) is 3.93. The monoisotopic (exact) mass is 428 g/mol. The van der Waals surface area contributed by atoms with E-state index in [1.165, 1.54) is 17.0 Å². The average Bonchev–Trinajstić information content (AvgIpc) is 3.28. The third kappa shape index (κ3) is 3.68. The summed E-state index contributed by atoms with van der Waals surface area (Å²) in [6.45, 7) is 0.0269. The third-order valence-corrected chi connectivity index (χ3v) is 5.32. The average molecular weight is 428 g/mol. The number of rotatable bonds is 4. The van der Waals surface area contributed by atoms with Crippen LogP contribution in [-0.4, -0.2) is 50.2 Å². The van der Waals surface area contributed by atoms with Crippen LogP contribution in [0.3, 0.4) is 0 Å². The molecule has 2 N–H and O–H groups in total. The zero-order valence-corrected chi connectivity index (χ0v) is 15.3. The Bertz CT molecular complexity index is 996. The lowest BCUT2D eigenvalue weighted by Crippen LogP contribution is -2.56. The highest BCUT2D eigenvalue weighted by molar-refractivity contribution is 5.99. The van der Waals surface area contributed by atoms with Gasteiger partial charge in [0.1, 0.15) is 0 Å². The summed E-state index contributed by atoms with van der Waals surface area (Å²) >= 11 is 0. The maximum absolute atomic E-state index is 14.0. The molecule has 4 rings (SSSR count). The number of carbonyl (C=O) groups excluding carboxylic acids is 1. The summed E-state index contributed by atoms with van der Waals surface area (Å²) in [7, 11) is 0. The van der Waals surface area contributed by atoms with Gasteiger partial charge in [-0.05, 0) is 24.1 Å². The normalized spacial score (nSPS) is 23.0. The van der Waals surface area contributed by atoms with E-state index in [2.05, 4.69) is 15.5 Å². The first-order valence-corrected chi connectivity index (χ1v) is 9.08. The Balaban J connectivity index is 1.61. The van der Waals surface area contributed by atoms with Crippen LogP contribution < -0.4 is 5.32 Å². The van der Waals surface area contributed by atoms with Crippen molar-refractivity contribution in [3.8, 4) is 11.5 Å². The van der Waals surface area contributed by atoms with Crippen molar-refractivity contribution in [2.75, 3.05) is 0 Å². The van der Waals surface area contributed by atoms with Crippen LogP contribution in [0.5, 0.6) is 0 Å². The summed E-state index contributed by atoms with van der Waals surface area (Å²) in [5, 5.41) is 18.0. The molecular weight excluding hydrogens is 412 g/mol. The Labute approximate surface area is 166 Å². The lowest BCUT2D eigenvalue weighted by atomic mass is 9.86. The van der Waals surface area contributed by atoms with Gasteiger partial charge < -0.3 is 19.7 Å². The minimum Gasteiger partial charge on any atom is -0.465 e. The van der Waals surface area contributed by atoms with Crippen molar-refractivity contribution in [2.45, 2.75) is 50.2 Å². The van der Waals surface area contributed by atoms with Gasteiger partial charge in [-0.1, -0.05) is 6.07 Å². The van der Waals surface area contributed by atoms with Gasteiger partial charge in [-0.15, -0.1) is 10.2 Å². The number of carbonyl (C=O) groups is 2. The van der Waals surface area contributed by atoms with Crippen LogP contribution in [0.25, 0.3) is 11.5 Å². The quantitative estimate of drug-likeness (QED) is 0.722. The van der Waals surface area contributed by atoms with Crippen LogP contribution in [-0.2, 0) is 6.54 Å². The maximum Gasteiger partial charge on any atom is 0.404 e. The molecule has 2 aliphatic rings. The minimum atomic E-state index is -3.02. The zero-order valence-electron chi connectivity index (χ0n) is 15.3. The summed E-state index contributed by atoms with van der Waals surface area (Å²) in [4.78, 5) is 25.2. The standard InChI is InChI=1S/C18H16F4N4O4/c19-13(20)15-25-24-14(30-15)8-1-2-9-7-26(16(27)10(9)5-8)12-6-18(21,22)4-3-11(12)23-17(28)29/h1-2,5,11-13,23H,3-4,6-7H2,(H,28,29)/t11-,12-/m1/s1. The Hall–Kier alpha value is -3.18. The fraction of sp³-hybridized carbons (Fsp3) is 0.444. The van der Waals surface area contributed by atoms with Crippen molar-refractivity contribution in [1.29, 1.82) is 0 Å². The van der Waals surface area contributed by atoms with Gasteiger partial charge in [-0.25, -0.2) is 13.6 Å². The fourth-order valence-electron chi connectivity index (χ4n) is 3.93. The lowest BCUT2D eigenvalue weighted by Gasteiger charge is -2.40. The molecule has 1 fully saturated rings. The van der Waals surface area contributed by atoms with Gasteiger partial charge in [-0.2, -0.15) is 8.78 Å². The highest BCUT2D eigenvalue weighted by atomic mass is 19.3. The molecule has 2 aromatic rings. The summed E-state index contributed by atoms with van der Waals surface area (Å²) in [6, 6.07) is 2.57. The molecule has 2 atom stereocenters. The first-order chi connectivity index (χ1) is 14.1. The van der Waals surface area contributed by atoms with Crippen molar-refractivity contribution in [1.82, 2.24) is 20.4 Å². The SMILES string of the molecule is O=C(O)N[C@@H]1CCC(F)(F)C[C@H]1N1Cc2ccc(-c3nnc(C(F)F)o3)cc2C1=O. The summed E-state index contributed by atoms with van der Waals surface area (Å²) in [6.07, 6.45) is -5.53. The Morgan fingerprint density at radius 2 is 2.10 bits per heavy atom. The smallest absolute Gasteiger partial charge is 0.404 e. The number of carboxylic acid groups (broad SMARTS) is 1. The van der Waals surface area contributed by atoms with Crippen molar-refractivity contribution >= 4 is 12.0 Å².